The van der Waals surface area contributed by atoms with Gasteiger partial charge in [0.2, 0.25) is 0 Å². The highest BCUT2D eigenvalue weighted by atomic mass is 19.1. The van der Waals surface area contributed by atoms with E-state index in [9.17, 15) is 4.39 Å². The number of rotatable bonds is 1. The van der Waals surface area contributed by atoms with E-state index in [0.717, 1.165) is 18.8 Å². The Bertz CT molecular complexity index is 313. The monoisotopic (exact) mass is 208 g/mol. The van der Waals surface area contributed by atoms with Crippen LogP contribution < -0.4 is 10.2 Å². The van der Waals surface area contributed by atoms with E-state index < -0.39 is 0 Å². The highest BCUT2D eigenvalue weighted by Gasteiger charge is 2.24. The van der Waals surface area contributed by atoms with Crippen molar-refractivity contribution in [1.82, 2.24) is 5.32 Å². The molecule has 2 rings (SSSR count). The minimum absolute atomic E-state index is 0.172. The molecule has 0 spiro atoms. The maximum Gasteiger partial charge on any atom is 0.123 e. The standard InChI is InChI=1S/C12H17FN2/c1-9-7-14-8-10(2)15(9)12-5-3-11(13)4-6-12/h3-6,9-10,14H,7-8H2,1-2H3. The van der Waals surface area contributed by atoms with Crippen LogP contribution in [-0.4, -0.2) is 25.2 Å². The number of nitrogens with zero attached hydrogens (tertiary/aromatic N) is 1. The Morgan fingerprint density at radius 1 is 1.13 bits per heavy atom. The van der Waals surface area contributed by atoms with Gasteiger partial charge in [-0.3, -0.25) is 0 Å². The van der Waals surface area contributed by atoms with Gasteiger partial charge in [-0.15, -0.1) is 0 Å². The Morgan fingerprint density at radius 2 is 1.67 bits per heavy atom. The number of benzene rings is 1. The van der Waals surface area contributed by atoms with Crippen molar-refractivity contribution < 1.29 is 4.39 Å². The molecule has 2 atom stereocenters. The van der Waals surface area contributed by atoms with Gasteiger partial charge in [0.1, 0.15) is 5.82 Å². The van der Waals surface area contributed by atoms with Crippen LogP contribution in [0, 0.1) is 5.82 Å². The van der Waals surface area contributed by atoms with Crippen molar-refractivity contribution in [3.05, 3.63) is 30.1 Å². The minimum atomic E-state index is -0.172. The van der Waals surface area contributed by atoms with Gasteiger partial charge in [-0.25, -0.2) is 4.39 Å². The van der Waals surface area contributed by atoms with E-state index in [-0.39, 0.29) is 5.82 Å². The van der Waals surface area contributed by atoms with Crippen molar-refractivity contribution in [2.24, 2.45) is 0 Å². The lowest BCUT2D eigenvalue weighted by atomic mass is 10.1. The van der Waals surface area contributed by atoms with Gasteiger partial charge < -0.3 is 10.2 Å². The lowest BCUT2D eigenvalue weighted by Gasteiger charge is -2.41. The maximum absolute atomic E-state index is 12.8. The number of halogens is 1. The summed E-state index contributed by atoms with van der Waals surface area (Å²) in [6.45, 7) is 6.35. The van der Waals surface area contributed by atoms with E-state index in [1.165, 1.54) is 12.1 Å². The number of nitrogens with one attached hydrogen (secondary N) is 1. The lowest BCUT2D eigenvalue weighted by molar-refractivity contribution is 0.432. The largest absolute Gasteiger partial charge is 0.364 e. The maximum atomic E-state index is 12.8. The summed E-state index contributed by atoms with van der Waals surface area (Å²) in [6.07, 6.45) is 0. The van der Waals surface area contributed by atoms with E-state index in [4.69, 9.17) is 0 Å². The van der Waals surface area contributed by atoms with Gasteiger partial charge in [0, 0.05) is 30.9 Å². The van der Waals surface area contributed by atoms with Gasteiger partial charge in [0.15, 0.2) is 0 Å². The molecule has 82 valence electrons. The summed E-state index contributed by atoms with van der Waals surface area (Å²) in [4.78, 5) is 2.34. The Kier molecular flexibility index (Phi) is 2.91. The molecular weight excluding hydrogens is 191 g/mol. The molecule has 3 heteroatoms. The highest BCUT2D eigenvalue weighted by Crippen LogP contribution is 2.21. The first-order valence-electron chi connectivity index (χ1n) is 5.43. The van der Waals surface area contributed by atoms with Gasteiger partial charge >= 0.3 is 0 Å². The molecule has 15 heavy (non-hydrogen) atoms. The SMILES string of the molecule is CC1CNCC(C)N1c1ccc(F)cc1. The zero-order valence-corrected chi connectivity index (χ0v) is 9.20. The number of anilines is 1. The van der Waals surface area contributed by atoms with Crippen molar-refractivity contribution in [2.75, 3.05) is 18.0 Å². The smallest absolute Gasteiger partial charge is 0.123 e. The van der Waals surface area contributed by atoms with E-state index in [1.807, 2.05) is 12.1 Å². The summed E-state index contributed by atoms with van der Waals surface area (Å²) in [5.74, 6) is -0.172. The second-order valence-electron chi connectivity index (χ2n) is 4.24. The summed E-state index contributed by atoms with van der Waals surface area (Å²) in [7, 11) is 0. The van der Waals surface area contributed by atoms with Crippen LogP contribution in [0.4, 0.5) is 10.1 Å². The van der Waals surface area contributed by atoms with Gasteiger partial charge in [-0.05, 0) is 38.1 Å². The van der Waals surface area contributed by atoms with E-state index >= 15 is 0 Å². The molecule has 0 bridgehead atoms. The van der Waals surface area contributed by atoms with Gasteiger partial charge in [-0.1, -0.05) is 0 Å². The lowest BCUT2D eigenvalue weighted by Crippen LogP contribution is -2.55. The van der Waals surface area contributed by atoms with E-state index in [0.29, 0.717) is 12.1 Å². The Labute approximate surface area is 90.1 Å². The normalized spacial score (nSPS) is 26.7. The van der Waals surface area contributed by atoms with Crippen molar-refractivity contribution in [1.29, 1.82) is 0 Å². The Hall–Kier alpha value is -1.09. The molecule has 1 fully saturated rings. The number of hydrogen-bond donors (Lipinski definition) is 1. The zero-order chi connectivity index (χ0) is 10.8. The third-order valence-corrected chi connectivity index (χ3v) is 2.95. The van der Waals surface area contributed by atoms with Gasteiger partial charge in [0.25, 0.3) is 0 Å². The third kappa shape index (κ3) is 2.12. The number of piperazine rings is 1. The first-order valence-corrected chi connectivity index (χ1v) is 5.43. The zero-order valence-electron chi connectivity index (χ0n) is 9.20. The predicted molar refractivity (Wildman–Crippen MR) is 60.7 cm³/mol. The molecule has 1 aliphatic rings. The van der Waals surface area contributed by atoms with E-state index in [2.05, 4.69) is 24.1 Å². The van der Waals surface area contributed by atoms with Crippen LogP contribution in [0.25, 0.3) is 0 Å². The summed E-state index contributed by atoms with van der Waals surface area (Å²) in [5.41, 5.74) is 1.11. The predicted octanol–water partition coefficient (Wildman–Crippen LogP) is 2.01. The number of hydrogen-bond acceptors (Lipinski definition) is 2. The van der Waals surface area contributed by atoms with Crippen LogP contribution in [0.5, 0.6) is 0 Å². The molecule has 1 aromatic carbocycles. The highest BCUT2D eigenvalue weighted by molar-refractivity contribution is 5.48. The molecule has 1 aromatic rings. The summed E-state index contributed by atoms with van der Waals surface area (Å²) < 4.78 is 12.8. The molecule has 0 aliphatic carbocycles. The molecule has 2 nitrogen and oxygen atoms in total. The van der Waals surface area contributed by atoms with Crippen molar-refractivity contribution in [2.45, 2.75) is 25.9 Å². The molecule has 1 N–H and O–H groups in total. The molecule has 0 aromatic heterocycles. The molecule has 0 amide bonds. The fraction of sp³-hybridized carbons (Fsp3) is 0.500. The first-order chi connectivity index (χ1) is 7.18. The molecule has 0 saturated carbocycles. The summed E-state index contributed by atoms with van der Waals surface area (Å²) >= 11 is 0. The fourth-order valence-corrected chi connectivity index (χ4v) is 2.25. The van der Waals surface area contributed by atoms with Crippen LogP contribution in [0.2, 0.25) is 0 Å². The average molecular weight is 208 g/mol. The Morgan fingerprint density at radius 3 is 2.20 bits per heavy atom. The minimum Gasteiger partial charge on any atom is -0.364 e. The molecule has 2 unspecified atom stereocenters. The Balaban J connectivity index is 2.23. The van der Waals surface area contributed by atoms with Crippen LogP contribution in [0.15, 0.2) is 24.3 Å². The van der Waals surface area contributed by atoms with E-state index in [1.54, 1.807) is 0 Å². The first kappa shape index (κ1) is 10.4. The van der Waals surface area contributed by atoms with Crippen molar-refractivity contribution >= 4 is 5.69 Å². The second-order valence-corrected chi connectivity index (χ2v) is 4.24. The second kappa shape index (κ2) is 4.19. The van der Waals surface area contributed by atoms with Crippen molar-refractivity contribution in [3.8, 4) is 0 Å². The quantitative estimate of drug-likeness (QED) is 0.759. The molecular formula is C12H17FN2. The van der Waals surface area contributed by atoms with Crippen molar-refractivity contribution in [3.63, 3.8) is 0 Å². The van der Waals surface area contributed by atoms with Gasteiger partial charge in [-0.2, -0.15) is 0 Å². The van der Waals surface area contributed by atoms with Crippen LogP contribution >= 0.6 is 0 Å². The summed E-state index contributed by atoms with van der Waals surface area (Å²) in [6, 6.07) is 7.67. The van der Waals surface area contributed by atoms with Crippen LogP contribution in [-0.2, 0) is 0 Å². The topological polar surface area (TPSA) is 15.3 Å². The molecule has 1 saturated heterocycles. The third-order valence-electron chi connectivity index (χ3n) is 2.95. The molecule has 0 radical (unpaired) electrons. The molecule has 1 heterocycles. The summed E-state index contributed by atoms with van der Waals surface area (Å²) in [5, 5.41) is 3.38. The van der Waals surface area contributed by atoms with Crippen LogP contribution in [0.3, 0.4) is 0 Å². The fourth-order valence-electron chi connectivity index (χ4n) is 2.25. The average Bonchev–Trinajstić information content (AvgIpc) is 2.20. The van der Waals surface area contributed by atoms with Gasteiger partial charge in [0.05, 0.1) is 0 Å². The van der Waals surface area contributed by atoms with Crippen LogP contribution in [0.1, 0.15) is 13.8 Å². The molecule has 1 aliphatic heterocycles.